The minimum atomic E-state index is 0.697. The first kappa shape index (κ1) is 14.3. The Morgan fingerprint density at radius 2 is 2.05 bits per heavy atom. The van der Waals surface area contributed by atoms with Crippen molar-refractivity contribution >= 4 is 5.82 Å². The molecule has 4 heteroatoms. The van der Waals surface area contributed by atoms with Gasteiger partial charge in [-0.3, -0.25) is 0 Å². The highest BCUT2D eigenvalue weighted by Gasteiger charge is 2.13. The quantitative estimate of drug-likeness (QED) is 0.873. The zero-order valence-electron chi connectivity index (χ0n) is 12.3. The molecule has 0 bridgehead atoms. The van der Waals surface area contributed by atoms with Gasteiger partial charge in [0.2, 0.25) is 0 Å². The maximum atomic E-state index is 5.50. The van der Waals surface area contributed by atoms with Crippen LogP contribution in [0.2, 0.25) is 0 Å². The summed E-state index contributed by atoms with van der Waals surface area (Å²) in [7, 11) is 1.65. The summed E-state index contributed by atoms with van der Waals surface area (Å²) in [5, 5.41) is 3.20. The van der Waals surface area contributed by atoms with E-state index in [-0.39, 0.29) is 0 Å². The van der Waals surface area contributed by atoms with E-state index in [4.69, 9.17) is 4.74 Å². The number of benzene rings is 1. The molecule has 0 unspecified atom stereocenters. The van der Waals surface area contributed by atoms with E-state index < -0.39 is 0 Å². The van der Waals surface area contributed by atoms with Gasteiger partial charge in [-0.1, -0.05) is 31.5 Å². The maximum absolute atomic E-state index is 5.50. The van der Waals surface area contributed by atoms with Crippen LogP contribution in [-0.2, 0) is 6.42 Å². The van der Waals surface area contributed by atoms with Crippen LogP contribution in [0.3, 0.4) is 0 Å². The molecule has 0 amide bonds. The van der Waals surface area contributed by atoms with Crippen molar-refractivity contribution in [2.45, 2.75) is 26.7 Å². The predicted octanol–water partition coefficient (Wildman–Crippen LogP) is 3.54. The van der Waals surface area contributed by atoms with Crippen molar-refractivity contribution < 1.29 is 4.74 Å². The Balaban J connectivity index is 2.46. The molecule has 0 aliphatic heterocycles. The molecule has 1 heterocycles. The average molecular weight is 271 g/mol. The van der Waals surface area contributed by atoms with E-state index in [1.807, 2.05) is 6.92 Å². The van der Waals surface area contributed by atoms with Gasteiger partial charge in [0, 0.05) is 12.1 Å². The van der Waals surface area contributed by atoms with Crippen LogP contribution in [0.25, 0.3) is 11.3 Å². The molecule has 1 N–H and O–H groups in total. The van der Waals surface area contributed by atoms with Gasteiger partial charge < -0.3 is 10.1 Å². The fourth-order valence-corrected chi connectivity index (χ4v) is 2.23. The molecule has 0 spiro atoms. The van der Waals surface area contributed by atoms with Crippen molar-refractivity contribution in [2.75, 3.05) is 19.0 Å². The number of ether oxygens (including phenoxy) is 1. The van der Waals surface area contributed by atoms with Crippen molar-refractivity contribution in [1.82, 2.24) is 9.97 Å². The van der Waals surface area contributed by atoms with Crippen molar-refractivity contribution in [2.24, 2.45) is 0 Å². The molecular weight excluding hydrogens is 250 g/mol. The Labute approximate surface area is 120 Å². The Bertz CT molecular complexity index is 569. The van der Waals surface area contributed by atoms with E-state index in [1.54, 1.807) is 13.4 Å². The number of anilines is 1. The summed E-state index contributed by atoms with van der Waals surface area (Å²) < 4.78 is 5.50. The maximum Gasteiger partial charge on any atom is 0.187 e. The highest BCUT2D eigenvalue weighted by Crippen LogP contribution is 2.33. The lowest BCUT2D eigenvalue weighted by molar-refractivity contribution is 0.414. The molecule has 0 radical (unpaired) electrons. The van der Waals surface area contributed by atoms with Gasteiger partial charge in [-0.25, -0.2) is 9.97 Å². The number of aryl methyl sites for hydroxylation is 1. The van der Waals surface area contributed by atoms with Gasteiger partial charge in [0.05, 0.1) is 7.11 Å². The van der Waals surface area contributed by atoms with Crippen LogP contribution in [0.5, 0.6) is 5.75 Å². The Morgan fingerprint density at radius 3 is 2.75 bits per heavy atom. The van der Waals surface area contributed by atoms with Gasteiger partial charge in [-0.15, -0.1) is 0 Å². The van der Waals surface area contributed by atoms with Gasteiger partial charge in [-0.2, -0.15) is 0 Å². The number of rotatable bonds is 6. The topological polar surface area (TPSA) is 47.0 Å². The lowest BCUT2D eigenvalue weighted by Gasteiger charge is -2.13. The van der Waals surface area contributed by atoms with Crippen molar-refractivity contribution in [3.8, 4) is 17.0 Å². The molecular formula is C16H21N3O. The number of hydrogen-bond donors (Lipinski definition) is 1. The molecule has 2 aromatic rings. The first-order valence-corrected chi connectivity index (χ1v) is 7.02. The summed E-state index contributed by atoms with van der Waals surface area (Å²) in [6, 6.07) is 8.44. The first-order valence-electron chi connectivity index (χ1n) is 7.02. The summed E-state index contributed by atoms with van der Waals surface area (Å²) in [6.07, 6.45) is 3.77. The monoisotopic (exact) mass is 271 g/mol. The third-order valence-corrected chi connectivity index (χ3v) is 3.09. The molecule has 106 valence electrons. The van der Waals surface area contributed by atoms with E-state index in [2.05, 4.69) is 46.5 Å². The molecule has 1 aromatic carbocycles. The number of nitrogens with one attached hydrogen (secondary N) is 1. The van der Waals surface area contributed by atoms with E-state index in [0.717, 1.165) is 36.5 Å². The molecule has 1 aromatic heterocycles. The van der Waals surface area contributed by atoms with Crippen LogP contribution in [0, 0.1) is 0 Å². The van der Waals surface area contributed by atoms with Crippen LogP contribution < -0.4 is 10.1 Å². The molecule has 0 saturated carbocycles. The summed E-state index contributed by atoms with van der Waals surface area (Å²) in [6.45, 7) is 5.01. The molecule has 0 aliphatic carbocycles. The highest BCUT2D eigenvalue weighted by molar-refractivity contribution is 5.72. The molecule has 20 heavy (non-hydrogen) atoms. The van der Waals surface area contributed by atoms with Crippen LogP contribution in [0.4, 0.5) is 5.82 Å². The molecule has 0 saturated heterocycles. The van der Waals surface area contributed by atoms with E-state index in [1.165, 1.54) is 5.56 Å². The van der Waals surface area contributed by atoms with Gasteiger partial charge >= 0.3 is 0 Å². The third-order valence-electron chi connectivity index (χ3n) is 3.09. The summed E-state index contributed by atoms with van der Waals surface area (Å²) >= 11 is 0. The Hall–Kier alpha value is -2.10. The van der Waals surface area contributed by atoms with Gasteiger partial charge in [0.25, 0.3) is 0 Å². The second kappa shape index (κ2) is 6.89. The van der Waals surface area contributed by atoms with Gasteiger partial charge in [-0.05, 0) is 25.0 Å². The minimum Gasteiger partial charge on any atom is -0.491 e. The van der Waals surface area contributed by atoms with Crippen LogP contribution in [0.15, 0.2) is 30.6 Å². The number of nitrogens with zero attached hydrogens (tertiary/aromatic N) is 2. The van der Waals surface area contributed by atoms with Gasteiger partial charge in [0.1, 0.15) is 12.0 Å². The third kappa shape index (κ3) is 3.07. The number of methoxy groups -OCH3 is 1. The molecule has 0 atom stereocenters. The normalized spacial score (nSPS) is 10.3. The molecule has 0 fully saturated rings. The summed E-state index contributed by atoms with van der Waals surface area (Å²) in [4.78, 5) is 8.62. The lowest BCUT2D eigenvalue weighted by Crippen LogP contribution is -2.04. The number of aromatic nitrogens is 2. The van der Waals surface area contributed by atoms with E-state index in [0.29, 0.717) is 5.75 Å². The zero-order chi connectivity index (χ0) is 14.4. The summed E-state index contributed by atoms with van der Waals surface area (Å²) in [5.41, 5.74) is 3.21. The van der Waals surface area contributed by atoms with E-state index >= 15 is 0 Å². The molecule has 2 rings (SSSR count). The van der Waals surface area contributed by atoms with Crippen LogP contribution in [-0.4, -0.2) is 23.6 Å². The first-order chi connectivity index (χ1) is 9.80. The smallest absolute Gasteiger partial charge is 0.187 e. The average Bonchev–Trinajstić information content (AvgIpc) is 2.48. The zero-order valence-corrected chi connectivity index (χ0v) is 12.3. The van der Waals surface area contributed by atoms with Crippen LogP contribution in [0.1, 0.15) is 25.8 Å². The second-order valence-corrected chi connectivity index (χ2v) is 4.58. The van der Waals surface area contributed by atoms with Gasteiger partial charge in [0.15, 0.2) is 11.6 Å². The standard InChI is InChI=1S/C16H21N3O/c1-4-7-12-8-6-9-13(10-12)14-15(20-3)16(17-5-2)19-11-18-14/h6,8-11H,4-5,7H2,1-3H3,(H,17,18,19). The Kier molecular flexibility index (Phi) is 4.93. The second-order valence-electron chi connectivity index (χ2n) is 4.58. The lowest BCUT2D eigenvalue weighted by atomic mass is 10.0. The fourth-order valence-electron chi connectivity index (χ4n) is 2.23. The SMILES string of the molecule is CCCc1cccc(-c2ncnc(NCC)c2OC)c1. The molecule has 0 aliphatic rings. The predicted molar refractivity (Wildman–Crippen MR) is 82.2 cm³/mol. The van der Waals surface area contributed by atoms with E-state index in [9.17, 15) is 0 Å². The van der Waals surface area contributed by atoms with Crippen molar-refractivity contribution in [1.29, 1.82) is 0 Å². The number of hydrogen-bond acceptors (Lipinski definition) is 4. The van der Waals surface area contributed by atoms with Crippen molar-refractivity contribution in [3.63, 3.8) is 0 Å². The fraction of sp³-hybridized carbons (Fsp3) is 0.375. The Morgan fingerprint density at radius 1 is 1.20 bits per heavy atom. The largest absolute Gasteiger partial charge is 0.491 e. The summed E-state index contributed by atoms with van der Waals surface area (Å²) in [5.74, 6) is 1.43. The van der Waals surface area contributed by atoms with Crippen molar-refractivity contribution in [3.05, 3.63) is 36.2 Å². The minimum absolute atomic E-state index is 0.697. The highest BCUT2D eigenvalue weighted by atomic mass is 16.5. The molecule has 4 nitrogen and oxygen atoms in total. The van der Waals surface area contributed by atoms with Crippen LogP contribution >= 0.6 is 0 Å².